The zero-order valence-corrected chi connectivity index (χ0v) is 23.9. The fourth-order valence-electron chi connectivity index (χ4n) is 5.46. The van der Waals surface area contributed by atoms with Crippen LogP contribution in [0.5, 0.6) is 17.2 Å². The molecule has 1 saturated heterocycles. The van der Waals surface area contributed by atoms with E-state index in [0.717, 1.165) is 59.8 Å². The van der Waals surface area contributed by atoms with E-state index < -0.39 is 6.10 Å². The second-order valence-corrected chi connectivity index (χ2v) is 10.5. The molecule has 5 rings (SSSR count). The van der Waals surface area contributed by atoms with E-state index in [4.69, 9.17) is 19.0 Å². The van der Waals surface area contributed by atoms with Crippen LogP contribution in [0.4, 0.5) is 5.69 Å². The molecule has 9 heteroatoms. The Bertz CT molecular complexity index is 1350. The highest BCUT2D eigenvalue weighted by molar-refractivity contribution is 5.61. The van der Waals surface area contributed by atoms with E-state index in [-0.39, 0.29) is 6.04 Å². The molecule has 3 aromatic rings. The molecule has 2 unspecified atom stereocenters. The van der Waals surface area contributed by atoms with Crippen LogP contribution < -0.4 is 19.7 Å². The van der Waals surface area contributed by atoms with Gasteiger partial charge in [0.15, 0.2) is 0 Å². The van der Waals surface area contributed by atoms with Crippen molar-refractivity contribution >= 4 is 5.69 Å². The molecule has 0 aliphatic carbocycles. The summed E-state index contributed by atoms with van der Waals surface area (Å²) in [5.41, 5.74) is 5.48. The number of benzene rings is 3. The smallest absolute Gasteiger partial charge is 0.142 e. The van der Waals surface area contributed by atoms with Gasteiger partial charge in [0.1, 0.15) is 23.9 Å². The first kappa shape index (κ1) is 28.9. The average molecular weight is 559 g/mol. The van der Waals surface area contributed by atoms with Gasteiger partial charge in [-0.05, 0) is 78.9 Å². The van der Waals surface area contributed by atoms with E-state index >= 15 is 0 Å². The van der Waals surface area contributed by atoms with Gasteiger partial charge >= 0.3 is 0 Å². The molecular formula is C32H38N4O5. The molecule has 0 radical (unpaired) electrons. The molecule has 2 heterocycles. The number of aliphatic hydroxyl groups excluding tert-OH is 1. The van der Waals surface area contributed by atoms with Crippen LogP contribution in [-0.4, -0.2) is 62.9 Å². The predicted octanol–water partition coefficient (Wildman–Crippen LogP) is 4.60. The number of methoxy groups -OCH3 is 1. The van der Waals surface area contributed by atoms with Crippen LogP contribution in [0.15, 0.2) is 54.6 Å². The molecule has 9 nitrogen and oxygen atoms in total. The maximum atomic E-state index is 10.9. The number of nitrogens with zero attached hydrogens (tertiary/aromatic N) is 3. The first-order valence-corrected chi connectivity index (χ1v) is 14.0. The third-order valence-electron chi connectivity index (χ3n) is 7.53. The summed E-state index contributed by atoms with van der Waals surface area (Å²) in [5, 5.41) is 25.3. The molecular weight excluding hydrogens is 520 g/mol. The Morgan fingerprint density at radius 3 is 2.59 bits per heavy atom. The third-order valence-corrected chi connectivity index (χ3v) is 7.53. The van der Waals surface area contributed by atoms with Crippen LogP contribution in [0.25, 0.3) is 0 Å². The van der Waals surface area contributed by atoms with E-state index in [9.17, 15) is 10.4 Å². The minimum absolute atomic E-state index is 0.337. The van der Waals surface area contributed by atoms with Gasteiger partial charge in [-0.2, -0.15) is 10.3 Å². The number of hydroxylamine groups is 2. The molecule has 1 fully saturated rings. The SMILES string of the molecule is COCCCN1CCOc2ccc(CON3CNCC(O)C3c3ccc(Oc4cc(C)c(C#N)c(C)c4)cc3)cc21. The van der Waals surface area contributed by atoms with E-state index in [1.807, 2.05) is 67.4 Å². The molecule has 2 aliphatic heterocycles. The standard InChI is InChI=1S/C32H38N4O5/c1-22-15-27(16-23(2)28(22)18-33)41-26-8-6-25(7-9-26)32-30(37)19-34-21-36(32)40-20-24-5-10-31-29(17-24)35(12-14-39-31)11-4-13-38-3/h5-10,15-17,30,32,34,37H,4,11-14,19-21H2,1-3H3. The Morgan fingerprint density at radius 1 is 1.07 bits per heavy atom. The first-order valence-electron chi connectivity index (χ1n) is 14.0. The number of ether oxygens (including phenoxy) is 3. The van der Waals surface area contributed by atoms with Crippen molar-refractivity contribution in [2.24, 2.45) is 0 Å². The number of β-amino-alcohol motifs (C(OH)–C–C–N with tert-alkyl or cyclic N) is 1. The lowest BCUT2D eigenvalue weighted by Gasteiger charge is -2.38. The Labute approximate surface area is 241 Å². The number of hydrogen-bond acceptors (Lipinski definition) is 9. The monoisotopic (exact) mass is 558 g/mol. The van der Waals surface area contributed by atoms with Gasteiger partial charge in [0.2, 0.25) is 0 Å². The summed E-state index contributed by atoms with van der Waals surface area (Å²) in [5.74, 6) is 2.25. The Balaban J connectivity index is 1.26. The molecule has 41 heavy (non-hydrogen) atoms. The van der Waals surface area contributed by atoms with Crippen molar-refractivity contribution < 1.29 is 24.2 Å². The Kier molecular flexibility index (Phi) is 9.39. The van der Waals surface area contributed by atoms with Gasteiger partial charge in [-0.3, -0.25) is 10.2 Å². The number of hydrogen-bond donors (Lipinski definition) is 2. The largest absolute Gasteiger partial charge is 0.490 e. The van der Waals surface area contributed by atoms with Crippen LogP contribution in [0, 0.1) is 25.2 Å². The summed E-state index contributed by atoms with van der Waals surface area (Å²) in [6.07, 6.45) is 0.305. The van der Waals surface area contributed by atoms with Crippen LogP contribution in [0.2, 0.25) is 0 Å². The second kappa shape index (κ2) is 13.3. The molecule has 0 aromatic heterocycles. The van der Waals surface area contributed by atoms with Crippen LogP contribution >= 0.6 is 0 Å². The highest BCUT2D eigenvalue weighted by atomic mass is 16.7. The second-order valence-electron chi connectivity index (χ2n) is 10.5. The maximum absolute atomic E-state index is 10.9. The van der Waals surface area contributed by atoms with Gasteiger partial charge < -0.3 is 24.2 Å². The normalized spacial score (nSPS) is 18.9. The zero-order chi connectivity index (χ0) is 28.8. The lowest BCUT2D eigenvalue weighted by Crippen LogP contribution is -2.51. The van der Waals surface area contributed by atoms with Gasteiger partial charge in [-0.1, -0.05) is 18.2 Å². The number of aliphatic hydroxyl groups is 1. The summed E-state index contributed by atoms with van der Waals surface area (Å²) < 4.78 is 17.2. The summed E-state index contributed by atoms with van der Waals surface area (Å²) in [4.78, 5) is 8.61. The fourth-order valence-corrected chi connectivity index (χ4v) is 5.46. The van der Waals surface area contributed by atoms with Gasteiger partial charge in [-0.25, -0.2) is 0 Å². The van der Waals surface area contributed by atoms with Crippen LogP contribution in [-0.2, 0) is 16.2 Å². The molecule has 216 valence electrons. The van der Waals surface area contributed by atoms with Gasteiger partial charge in [0, 0.05) is 26.8 Å². The maximum Gasteiger partial charge on any atom is 0.142 e. The summed E-state index contributed by atoms with van der Waals surface area (Å²) >= 11 is 0. The van der Waals surface area contributed by atoms with Crippen LogP contribution in [0.1, 0.15) is 40.3 Å². The van der Waals surface area contributed by atoms with Crippen molar-refractivity contribution in [2.75, 3.05) is 51.5 Å². The molecule has 0 spiro atoms. The lowest BCUT2D eigenvalue weighted by atomic mass is 9.99. The van der Waals surface area contributed by atoms with Crippen molar-refractivity contribution in [1.29, 1.82) is 5.26 Å². The molecule has 0 bridgehead atoms. The van der Waals surface area contributed by atoms with Crippen molar-refractivity contribution in [3.63, 3.8) is 0 Å². The summed E-state index contributed by atoms with van der Waals surface area (Å²) in [6.45, 7) is 8.28. The van der Waals surface area contributed by atoms with Gasteiger partial charge in [0.25, 0.3) is 0 Å². The predicted molar refractivity (Wildman–Crippen MR) is 156 cm³/mol. The molecule has 2 aliphatic rings. The molecule has 2 atom stereocenters. The molecule has 3 aromatic carbocycles. The quantitative estimate of drug-likeness (QED) is 0.346. The molecule has 0 saturated carbocycles. The summed E-state index contributed by atoms with van der Waals surface area (Å²) in [7, 11) is 1.73. The topological polar surface area (TPSA) is 99.5 Å². The third kappa shape index (κ3) is 6.81. The average Bonchev–Trinajstić information content (AvgIpc) is 2.97. The molecule has 2 N–H and O–H groups in total. The first-order chi connectivity index (χ1) is 20.0. The van der Waals surface area contributed by atoms with Gasteiger partial charge in [0.05, 0.1) is 49.3 Å². The summed E-state index contributed by atoms with van der Waals surface area (Å²) in [6, 6.07) is 19.5. The highest BCUT2D eigenvalue weighted by Crippen LogP contribution is 2.34. The van der Waals surface area contributed by atoms with E-state index in [1.54, 1.807) is 7.11 Å². The number of nitriles is 1. The number of nitrogens with one attached hydrogen (secondary N) is 1. The van der Waals surface area contributed by atoms with Crippen LogP contribution in [0.3, 0.4) is 0 Å². The van der Waals surface area contributed by atoms with Gasteiger partial charge in [-0.15, -0.1) is 0 Å². The lowest BCUT2D eigenvalue weighted by molar-refractivity contribution is -0.233. The van der Waals surface area contributed by atoms with Crippen molar-refractivity contribution in [2.45, 2.75) is 39.0 Å². The number of rotatable bonds is 10. The van der Waals surface area contributed by atoms with E-state index in [0.29, 0.717) is 43.5 Å². The van der Waals surface area contributed by atoms with Crippen molar-refractivity contribution in [1.82, 2.24) is 10.4 Å². The molecule has 0 amide bonds. The van der Waals surface area contributed by atoms with Crippen molar-refractivity contribution in [3.05, 3.63) is 82.4 Å². The number of fused-ring (bicyclic) bond motifs is 1. The van der Waals surface area contributed by atoms with E-state index in [1.165, 1.54) is 0 Å². The Hall–Kier alpha value is -3.65. The van der Waals surface area contributed by atoms with E-state index in [2.05, 4.69) is 22.4 Å². The van der Waals surface area contributed by atoms with Crippen molar-refractivity contribution in [3.8, 4) is 23.3 Å². The minimum Gasteiger partial charge on any atom is -0.490 e. The Morgan fingerprint density at radius 2 is 1.85 bits per heavy atom. The minimum atomic E-state index is -0.646. The number of anilines is 1. The fraction of sp³-hybridized carbons (Fsp3) is 0.406. The number of aryl methyl sites for hydroxylation is 2. The zero-order valence-electron chi connectivity index (χ0n) is 23.9. The highest BCUT2D eigenvalue weighted by Gasteiger charge is 2.32.